The van der Waals surface area contributed by atoms with Crippen LogP contribution >= 0.6 is 0 Å². The molecule has 1 aliphatic rings. The maximum Gasteiger partial charge on any atom is 0.323 e. The van der Waals surface area contributed by atoms with Crippen LogP contribution in [0.5, 0.6) is 5.75 Å². The van der Waals surface area contributed by atoms with E-state index in [2.05, 4.69) is 21.8 Å². The number of nitrogens with one attached hydrogen (secondary N) is 2. The van der Waals surface area contributed by atoms with Crippen molar-refractivity contribution in [3.8, 4) is 16.9 Å². The molecule has 0 saturated heterocycles. The summed E-state index contributed by atoms with van der Waals surface area (Å²) in [6, 6.07) is 13.0. The highest BCUT2D eigenvalue weighted by Crippen LogP contribution is 2.42. The molecule has 1 fully saturated rings. The SMILES string of the molecule is COc1ccc(F)c(NC(=O)Nc2ccc(-c3cc(C4CC4)nc4c3c(N)nn4C)cc2)c1. The predicted molar refractivity (Wildman–Crippen MR) is 126 cm³/mol. The van der Waals surface area contributed by atoms with Crippen molar-refractivity contribution in [2.75, 3.05) is 23.5 Å². The minimum absolute atomic E-state index is 0.0299. The molecular formula is C24H23FN6O2. The van der Waals surface area contributed by atoms with Crippen molar-refractivity contribution in [3.05, 3.63) is 60.0 Å². The van der Waals surface area contributed by atoms with Gasteiger partial charge in [0.25, 0.3) is 0 Å². The number of nitrogens with zero attached hydrogens (tertiary/aromatic N) is 3. The molecule has 8 nitrogen and oxygen atoms in total. The summed E-state index contributed by atoms with van der Waals surface area (Å²) in [5.74, 6) is 0.800. The van der Waals surface area contributed by atoms with E-state index < -0.39 is 11.8 Å². The average molecular weight is 446 g/mol. The van der Waals surface area contributed by atoms with Crippen LogP contribution in [0.4, 0.5) is 26.4 Å². The first-order chi connectivity index (χ1) is 15.9. The number of aryl methyl sites for hydroxylation is 1. The van der Waals surface area contributed by atoms with E-state index in [0.717, 1.165) is 40.7 Å². The van der Waals surface area contributed by atoms with Crippen LogP contribution in [0.3, 0.4) is 0 Å². The van der Waals surface area contributed by atoms with Gasteiger partial charge in [-0.05, 0) is 54.3 Å². The average Bonchev–Trinajstić information content (AvgIpc) is 3.61. The Hall–Kier alpha value is -4.14. The molecule has 2 amide bonds. The molecule has 4 N–H and O–H groups in total. The summed E-state index contributed by atoms with van der Waals surface area (Å²) in [4.78, 5) is 17.1. The number of aromatic nitrogens is 3. The summed E-state index contributed by atoms with van der Waals surface area (Å²) in [6.07, 6.45) is 2.27. The van der Waals surface area contributed by atoms with Crippen LogP contribution in [-0.2, 0) is 7.05 Å². The molecule has 0 atom stereocenters. The van der Waals surface area contributed by atoms with Gasteiger partial charge in [-0.3, -0.25) is 0 Å². The van der Waals surface area contributed by atoms with E-state index >= 15 is 0 Å². The highest BCUT2D eigenvalue weighted by molar-refractivity contribution is 6.02. The van der Waals surface area contributed by atoms with Crippen LogP contribution in [-0.4, -0.2) is 27.9 Å². The van der Waals surface area contributed by atoms with Crippen molar-refractivity contribution >= 4 is 34.3 Å². The summed E-state index contributed by atoms with van der Waals surface area (Å²) < 4.78 is 20.8. The number of halogens is 1. The molecule has 2 aromatic carbocycles. The third-order valence-corrected chi connectivity index (χ3v) is 5.71. The molecule has 33 heavy (non-hydrogen) atoms. The van der Waals surface area contributed by atoms with Crippen molar-refractivity contribution in [2.24, 2.45) is 7.05 Å². The highest BCUT2D eigenvalue weighted by atomic mass is 19.1. The lowest BCUT2D eigenvalue weighted by molar-refractivity contribution is 0.262. The normalized spacial score (nSPS) is 13.2. The number of hydrogen-bond donors (Lipinski definition) is 3. The van der Waals surface area contributed by atoms with E-state index in [4.69, 9.17) is 15.5 Å². The van der Waals surface area contributed by atoms with Gasteiger partial charge < -0.3 is 21.1 Å². The minimum atomic E-state index is -0.561. The molecule has 0 spiro atoms. The Kier molecular flexibility index (Phi) is 5.08. The number of carbonyl (C=O) groups is 1. The zero-order valence-electron chi connectivity index (χ0n) is 18.2. The van der Waals surface area contributed by atoms with Gasteiger partial charge in [0.15, 0.2) is 11.5 Å². The van der Waals surface area contributed by atoms with Gasteiger partial charge in [0.1, 0.15) is 11.6 Å². The lowest BCUT2D eigenvalue weighted by Gasteiger charge is -2.11. The Morgan fingerprint density at radius 1 is 1.15 bits per heavy atom. The number of rotatable bonds is 5. The Morgan fingerprint density at radius 2 is 1.91 bits per heavy atom. The molecule has 0 unspecified atom stereocenters. The molecular weight excluding hydrogens is 423 g/mol. The quantitative estimate of drug-likeness (QED) is 0.405. The number of pyridine rings is 1. The Morgan fingerprint density at radius 3 is 2.61 bits per heavy atom. The number of nitrogen functional groups attached to an aromatic ring is 1. The number of ether oxygens (including phenoxy) is 1. The maximum atomic E-state index is 14.0. The van der Waals surface area contributed by atoms with E-state index in [9.17, 15) is 9.18 Å². The number of hydrogen-bond acceptors (Lipinski definition) is 5. The molecule has 4 aromatic rings. The zero-order chi connectivity index (χ0) is 23.1. The number of fused-ring (bicyclic) bond motifs is 1. The molecule has 9 heteroatoms. The Bertz CT molecular complexity index is 1360. The predicted octanol–water partition coefficient (Wildman–Crippen LogP) is 4.89. The maximum absolute atomic E-state index is 14.0. The molecule has 168 valence electrons. The monoisotopic (exact) mass is 446 g/mol. The van der Waals surface area contributed by atoms with Gasteiger partial charge in [-0.15, -0.1) is 0 Å². The van der Waals surface area contributed by atoms with Crippen LogP contribution in [0.25, 0.3) is 22.2 Å². The van der Waals surface area contributed by atoms with Crippen LogP contribution in [0.15, 0.2) is 48.5 Å². The second-order valence-corrected chi connectivity index (χ2v) is 8.08. The second kappa shape index (κ2) is 8.09. The summed E-state index contributed by atoms with van der Waals surface area (Å²) in [6.45, 7) is 0. The molecule has 2 aromatic heterocycles. The van der Waals surface area contributed by atoms with Crippen molar-refractivity contribution in [1.82, 2.24) is 14.8 Å². The molecule has 0 aliphatic heterocycles. The fraction of sp³-hybridized carbons (Fsp3) is 0.208. The van der Waals surface area contributed by atoms with Crippen LogP contribution in [0, 0.1) is 5.82 Å². The second-order valence-electron chi connectivity index (χ2n) is 8.08. The summed E-state index contributed by atoms with van der Waals surface area (Å²) in [5.41, 5.74) is 10.5. The first kappa shape index (κ1) is 20.7. The molecule has 0 bridgehead atoms. The largest absolute Gasteiger partial charge is 0.497 e. The summed E-state index contributed by atoms with van der Waals surface area (Å²) >= 11 is 0. The first-order valence-corrected chi connectivity index (χ1v) is 10.6. The van der Waals surface area contributed by atoms with Gasteiger partial charge in [-0.25, -0.2) is 18.9 Å². The highest BCUT2D eigenvalue weighted by Gasteiger charge is 2.27. The number of nitrogens with two attached hydrogens (primary N) is 1. The lowest BCUT2D eigenvalue weighted by atomic mass is 10.0. The van der Waals surface area contributed by atoms with Crippen LogP contribution in [0.2, 0.25) is 0 Å². The number of methoxy groups -OCH3 is 1. The number of carbonyl (C=O) groups excluding carboxylic acids is 1. The number of anilines is 3. The van der Waals surface area contributed by atoms with Crippen molar-refractivity contribution in [1.29, 1.82) is 0 Å². The van der Waals surface area contributed by atoms with Gasteiger partial charge in [0.2, 0.25) is 0 Å². The van der Waals surface area contributed by atoms with Gasteiger partial charge in [-0.2, -0.15) is 5.10 Å². The lowest BCUT2D eigenvalue weighted by Crippen LogP contribution is -2.20. The van der Waals surface area contributed by atoms with Crippen molar-refractivity contribution < 1.29 is 13.9 Å². The molecule has 1 saturated carbocycles. The fourth-order valence-electron chi connectivity index (χ4n) is 3.86. The van der Waals surface area contributed by atoms with Gasteiger partial charge in [0.05, 0.1) is 18.2 Å². The molecule has 2 heterocycles. The van der Waals surface area contributed by atoms with E-state index in [1.54, 1.807) is 16.8 Å². The molecule has 5 rings (SSSR count). The van der Waals surface area contributed by atoms with Crippen LogP contribution < -0.4 is 21.1 Å². The number of urea groups is 1. The third kappa shape index (κ3) is 4.05. The zero-order valence-corrected chi connectivity index (χ0v) is 18.2. The van der Waals surface area contributed by atoms with E-state index in [1.165, 1.54) is 25.3 Å². The minimum Gasteiger partial charge on any atom is -0.497 e. The summed E-state index contributed by atoms with van der Waals surface area (Å²) in [5, 5.41) is 10.4. The number of amides is 2. The van der Waals surface area contributed by atoms with E-state index in [-0.39, 0.29) is 5.69 Å². The fourth-order valence-corrected chi connectivity index (χ4v) is 3.86. The Balaban J connectivity index is 1.39. The van der Waals surface area contributed by atoms with Gasteiger partial charge in [-0.1, -0.05) is 12.1 Å². The van der Waals surface area contributed by atoms with E-state index in [0.29, 0.717) is 23.2 Å². The molecule has 0 radical (unpaired) electrons. The molecule has 1 aliphatic carbocycles. The van der Waals surface area contributed by atoms with Gasteiger partial charge in [0, 0.05) is 30.4 Å². The first-order valence-electron chi connectivity index (χ1n) is 10.6. The summed E-state index contributed by atoms with van der Waals surface area (Å²) in [7, 11) is 3.31. The number of benzene rings is 2. The third-order valence-electron chi connectivity index (χ3n) is 5.71. The smallest absolute Gasteiger partial charge is 0.323 e. The van der Waals surface area contributed by atoms with Crippen molar-refractivity contribution in [2.45, 2.75) is 18.8 Å². The van der Waals surface area contributed by atoms with Gasteiger partial charge >= 0.3 is 6.03 Å². The van der Waals surface area contributed by atoms with E-state index in [1.807, 2.05) is 19.2 Å². The topological polar surface area (TPSA) is 107 Å². The van der Waals surface area contributed by atoms with Crippen LogP contribution in [0.1, 0.15) is 24.5 Å². The van der Waals surface area contributed by atoms with Crippen molar-refractivity contribution in [3.63, 3.8) is 0 Å². The Labute approximate surface area is 189 Å². The standard InChI is InChI=1S/C24H23FN6O2/c1-31-23-21(22(26)30-31)17(12-19(28-23)14-3-4-14)13-5-7-15(8-6-13)27-24(32)29-20-11-16(33-2)9-10-18(20)25/h5-12,14H,3-4H2,1-2H3,(H2,26,30)(H2,27,29,32).